The standard InChI is InChI=1S/C19H28N2O3S/c1-14-6-4-5-13-21(14)25(23,24)18-11-9-17(10-12-18)19(22)20(3)15(2)16-7-8-16/h9-12,14-16H,4-8,13H2,1-3H3. The Bertz CT molecular complexity index is 726. The average Bonchev–Trinajstić information content (AvgIpc) is 3.45. The van der Waals surface area contributed by atoms with Gasteiger partial charge in [-0.1, -0.05) is 6.42 Å². The molecule has 1 saturated carbocycles. The summed E-state index contributed by atoms with van der Waals surface area (Å²) in [6.45, 7) is 4.61. The Kier molecular flexibility index (Phi) is 5.21. The van der Waals surface area contributed by atoms with Crippen molar-refractivity contribution in [2.24, 2.45) is 5.92 Å². The second kappa shape index (κ2) is 7.08. The molecule has 2 aliphatic rings. The number of benzene rings is 1. The van der Waals surface area contributed by atoms with Crippen molar-refractivity contribution in [1.29, 1.82) is 0 Å². The van der Waals surface area contributed by atoms with E-state index in [2.05, 4.69) is 6.92 Å². The fourth-order valence-corrected chi connectivity index (χ4v) is 5.32. The van der Waals surface area contributed by atoms with Crippen molar-refractivity contribution in [3.8, 4) is 0 Å². The molecule has 25 heavy (non-hydrogen) atoms. The van der Waals surface area contributed by atoms with Gasteiger partial charge in [0.1, 0.15) is 0 Å². The summed E-state index contributed by atoms with van der Waals surface area (Å²) in [4.78, 5) is 14.6. The predicted octanol–water partition coefficient (Wildman–Crippen LogP) is 3.12. The van der Waals surface area contributed by atoms with E-state index in [1.54, 1.807) is 33.5 Å². The van der Waals surface area contributed by atoms with Gasteiger partial charge in [0, 0.05) is 31.2 Å². The molecular weight excluding hydrogens is 336 g/mol. The van der Waals surface area contributed by atoms with E-state index in [1.807, 2.05) is 14.0 Å². The SMILES string of the molecule is CC(C1CC1)N(C)C(=O)c1ccc(S(=O)(=O)N2CCCCC2C)cc1. The average molecular weight is 365 g/mol. The van der Waals surface area contributed by atoms with Gasteiger partial charge < -0.3 is 4.90 Å². The van der Waals surface area contributed by atoms with Crippen LogP contribution in [0.25, 0.3) is 0 Å². The van der Waals surface area contributed by atoms with E-state index in [0.29, 0.717) is 18.0 Å². The minimum Gasteiger partial charge on any atom is -0.339 e. The smallest absolute Gasteiger partial charge is 0.253 e. The Hall–Kier alpha value is -1.40. The molecule has 6 heteroatoms. The highest BCUT2D eigenvalue weighted by atomic mass is 32.2. The van der Waals surface area contributed by atoms with Crippen LogP contribution in [0.3, 0.4) is 0 Å². The van der Waals surface area contributed by atoms with Crippen molar-refractivity contribution >= 4 is 15.9 Å². The van der Waals surface area contributed by atoms with Gasteiger partial charge in [-0.05, 0) is 69.7 Å². The number of amides is 1. The molecule has 1 amide bonds. The van der Waals surface area contributed by atoms with Crippen molar-refractivity contribution in [3.05, 3.63) is 29.8 Å². The van der Waals surface area contributed by atoms with E-state index in [0.717, 1.165) is 19.3 Å². The van der Waals surface area contributed by atoms with Crippen LogP contribution >= 0.6 is 0 Å². The summed E-state index contributed by atoms with van der Waals surface area (Å²) in [7, 11) is -1.66. The summed E-state index contributed by atoms with van der Waals surface area (Å²) in [5.74, 6) is 0.559. The zero-order chi connectivity index (χ0) is 18.2. The van der Waals surface area contributed by atoms with Crippen molar-refractivity contribution in [3.63, 3.8) is 0 Å². The fourth-order valence-electron chi connectivity index (χ4n) is 3.62. The molecule has 1 aliphatic heterocycles. The normalized spacial score (nSPS) is 23.2. The summed E-state index contributed by atoms with van der Waals surface area (Å²) in [6.07, 6.45) is 5.25. The van der Waals surface area contributed by atoms with E-state index < -0.39 is 10.0 Å². The number of hydrogen-bond donors (Lipinski definition) is 0. The molecule has 0 bridgehead atoms. The minimum absolute atomic E-state index is 0.0329. The monoisotopic (exact) mass is 364 g/mol. The summed E-state index contributed by atoms with van der Waals surface area (Å²) < 4.78 is 27.3. The Morgan fingerprint density at radius 1 is 1.16 bits per heavy atom. The van der Waals surface area contributed by atoms with Gasteiger partial charge in [0.2, 0.25) is 10.0 Å². The van der Waals surface area contributed by atoms with E-state index in [-0.39, 0.29) is 22.9 Å². The Labute approximate surface area is 151 Å². The van der Waals surface area contributed by atoms with E-state index in [1.165, 1.54) is 12.8 Å². The van der Waals surface area contributed by atoms with E-state index >= 15 is 0 Å². The zero-order valence-corrected chi connectivity index (χ0v) is 16.1. The Morgan fingerprint density at radius 3 is 2.36 bits per heavy atom. The van der Waals surface area contributed by atoms with Gasteiger partial charge in [0.05, 0.1) is 4.90 Å². The van der Waals surface area contributed by atoms with Crippen LogP contribution in [0.2, 0.25) is 0 Å². The molecule has 0 N–H and O–H groups in total. The molecule has 1 heterocycles. The molecule has 0 radical (unpaired) electrons. The van der Waals surface area contributed by atoms with Gasteiger partial charge in [0.25, 0.3) is 5.91 Å². The number of piperidine rings is 1. The van der Waals surface area contributed by atoms with Crippen LogP contribution in [-0.2, 0) is 10.0 Å². The Balaban J connectivity index is 1.76. The quantitative estimate of drug-likeness (QED) is 0.806. The highest BCUT2D eigenvalue weighted by Gasteiger charge is 2.33. The molecule has 138 valence electrons. The summed E-state index contributed by atoms with van der Waals surface area (Å²) >= 11 is 0. The number of carbonyl (C=O) groups is 1. The first-order chi connectivity index (χ1) is 11.8. The van der Waals surface area contributed by atoms with Crippen LogP contribution < -0.4 is 0 Å². The molecule has 1 aromatic carbocycles. The van der Waals surface area contributed by atoms with Crippen LogP contribution in [0.1, 0.15) is 56.3 Å². The highest BCUT2D eigenvalue weighted by molar-refractivity contribution is 7.89. The van der Waals surface area contributed by atoms with Gasteiger partial charge >= 0.3 is 0 Å². The lowest BCUT2D eigenvalue weighted by atomic mass is 10.1. The first-order valence-electron chi connectivity index (χ1n) is 9.21. The maximum atomic E-state index is 12.8. The van der Waals surface area contributed by atoms with Crippen LogP contribution in [0, 0.1) is 5.92 Å². The van der Waals surface area contributed by atoms with Crippen molar-refractivity contribution in [2.75, 3.05) is 13.6 Å². The van der Waals surface area contributed by atoms with Gasteiger partial charge in [-0.25, -0.2) is 8.42 Å². The lowest BCUT2D eigenvalue weighted by Crippen LogP contribution is -2.41. The minimum atomic E-state index is -3.49. The number of rotatable bonds is 5. The summed E-state index contributed by atoms with van der Waals surface area (Å²) in [6, 6.07) is 6.68. The number of hydrogen-bond acceptors (Lipinski definition) is 3. The van der Waals surface area contributed by atoms with Crippen molar-refractivity contribution < 1.29 is 13.2 Å². The van der Waals surface area contributed by atoms with E-state index in [9.17, 15) is 13.2 Å². The zero-order valence-electron chi connectivity index (χ0n) is 15.3. The molecule has 2 fully saturated rings. The largest absolute Gasteiger partial charge is 0.339 e. The summed E-state index contributed by atoms with van der Waals surface area (Å²) in [5.41, 5.74) is 0.542. The van der Waals surface area contributed by atoms with E-state index in [4.69, 9.17) is 0 Å². The fraction of sp³-hybridized carbons (Fsp3) is 0.632. The second-order valence-electron chi connectivity index (χ2n) is 7.48. The van der Waals surface area contributed by atoms with Crippen LogP contribution in [0.4, 0.5) is 0 Å². The van der Waals surface area contributed by atoms with Gasteiger partial charge in [-0.2, -0.15) is 4.31 Å². The molecule has 2 atom stereocenters. The molecule has 5 nitrogen and oxygen atoms in total. The third kappa shape index (κ3) is 3.75. The maximum absolute atomic E-state index is 12.8. The van der Waals surface area contributed by atoms with Crippen molar-refractivity contribution in [2.45, 2.75) is 62.9 Å². The van der Waals surface area contributed by atoms with Gasteiger partial charge in [0.15, 0.2) is 0 Å². The number of sulfonamides is 1. The molecule has 1 saturated heterocycles. The molecule has 1 aromatic rings. The number of carbonyl (C=O) groups excluding carboxylic acids is 1. The highest BCUT2D eigenvalue weighted by Crippen LogP contribution is 2.35. The van der Waals surface area contributed by atoms with Gasteiger partial charge in [-0.3, -0.25) is 4.79 Å². The summed E-state index contributed by atoms with van der Waals surface area (Å²) in [5, 5.41) is 0. The predicted molar refractivity (Wildman–Crippen MR) is 97.9 cm³/mol. The van der Waals surface area contributed by atoms with Crippen LogP contribution in [-0.4, -0.2) is 49.2 Å². The van der Waals surface area contributed by atoms with Crippen LogP contribution in [0.5, 0.6) is 0 Å². The third-order valence-electron chi connectivity index (χ3n) is 5.69. The topological polar surface area (TPSA) is 57.7 Å². The number of nitrogens with zero attached hydrogens (tertiary/aromatic N) is 2. The second-order valence-corrected chi connectivity index (χ2v) is 9.37. The lowest BCUT2D eigenvalue weighted by Gasteiger charge is -2.32. The van der Waals surface area contributed by atoms with Gasteiger partial charge in [-0.15, -0.1) is 0 Å². The molecule has 3 rings (SSSR count). The molecule has 0 aromatic heterocycles. The molecule has 0 spiro atoms. The molecule has 1 aliphatic carbocycles. The molecule has 2 unspecified atom stereocenters. The molecular formula is C19H28N2O3S. The van der Waals surface area contributed by atoms with Crippen LogP contribution in [0.15, 0.2) is 29.2 Å². The lowest BCUT2D eigenvalue weighted by molar-refractivity contribution is 0.0727. The Morgan fingerprint density at radius 2 is 1.80 bits per heavy atom. The van der Waals surface area contributed by atoms with Crippen molar-refractivity contribution in [1.82, 2.24) is 9.21 Å². The third-order valence-corrected chi connectivity index (χ3v) is 7.71. The first-order valence-corrected chi connectivity index (χ1v) is 10.7. The maximum Gasteiger partial charge on any atom is 0.253 e. The first kappa shape index (κ1) is 18.4.